The summed E-state index contributed by atoms with van der Waals surface area (Å²) in [6.07, 6.45) is 5.23. The number of hydrazone groups is 1. The van der Waals surface area contributed by atoms with Gasteiger partial charge in [0.2, 0.25) is 0 Å². The summed E-state index contributed by atoms with van der Waals surface area (Å²) in [6.45, 7) is 0. The van der Waals surface area contributed by atoms with Crippen LogP contribution in [0.3, 0.4) is 0 Å². The third-order valence-electron chi connectivity index (χ3n) is 2.88. The SMILES string of the molecule is COc1ccccc1/C=C/C=N\Nc1cccc(C(=O)O)c1. The zero-order valence-corrected chi connectivity index (χ0v) is 12.1. The molecular formula is C17H16N2O3. The Kier molecular flexibility index (Phi) is 5.31. The van der Waals surface area contributed by atoms with E-state index in [9.17, 15) is 4.79 Å². The number of hydrogen-bond donors (Lipinski definition) is 2. The fraction of sp³-hybridized carbons (Fsp3) is 0.0588. The van der Waals surface area contributed by atoms with Crippen molar-refractivity contribution in [2.45, 2.75) is 0 Å². The molecule has 0 saturated heterocycles. The molecule has 2 aromatic rings. The van der Waals surface area contributed by atoms with Crippen molar-refractivity contribution in [3.8, 4) is 5.75 Å². The van der Waals surface area contributed by atoms with E-state index in [2.05, 4.69) is 10.5 Å². The molecule has 22 heavy (non-hydrogen) atoms. The first-order chi connectivity index (χ1) is 10.7. The molecule has 0 heterocycles. The summed E-state index contributed by atoms with van der Waals surface area (Å²) in [5, 5.41) is 12.9. The van der Waals surface area contributed by atoms with Crippen LogP contribution in [0.25, 0.3) is 6.08 Å². The van der Waals surface area contributed by atoms with Crippen LogP contribution in [0, 0.1) is 0 Å². The number of carbonyl (C=O) groups is 1. The average Bonchev–Trinajstić information content (AvgIpc) is 2.55. The highest BCUT2D eigenvalue weighted by molar-refractivity contribution is 5.88. The first-order valence-electron chi connectivity index (χ1n) is 6.63. The average molecular weight is 296 g/mol. The minimum absolute atomic E-state index is 0.213. The maximum atomic E-state index is 10.9. The smallest absolute Gasteiger partial charge is 0.335 e. The van der Waals surface area contributed by atoms with Gasteiger partial charge < -0.3 is 9.84 Å². The van der Waals surface area contributed by atoms with Gasteiger partial charge in [0.15, 0.2) is 0 Å². The molecule has 2 aromatic carbocycles. The van der Waals surface area contributed by atoms with Crippen molar-refractivity contribution in [1.82, 2.24) is 0 Å². The van der Waals surface area contributed by atoms with Crippen molar-refractivity contribution in [2.75, 3.05) is 12.5 Å². The third-order valence-corrected chi connectivity index (χ3v) is 2.88. The third kappa shape index (κ3) is 4.21. The second kappa shape index (κ2) is 7.64. The molecule has 0 fully saturated rings. The number of benzene rings is 2. The molecule has 0 radical (unpaired) electrons. The topological polar surface area (TPSA) is 70.9 Å². The van der Waals surface area contributed by atoms with Gasteiger partial charge in [0.05, 0.1) is 18.4 Å². The summed E-state index contributed by atoms with van der Waals surface area (Å²) in [4.78, 5) is 10.9. The number of para-hydroxylation sites is 1. The van der Waals surface area contributed by atoms with Crippen LogP contribution >= 0.6 is 0 Å². The number of aromatic carboxylic acids is 1. The molecule has 112 valence electrons. The van der Waals surface area contributed by atoms with Gasteiger partial charge in [-0.1, -0.05) is 24.3 Å². The summed E-state index contributed by atoms with van der Waals surface area (Å²) >= 11 is 0. The summed E-state index contributed by atoms with van der Waals surface area (Å²) in [6, 6.07) is 14.1. The van der Waals surface area contributed by atoms with E-state index < -0.39 is 5.97 Å². The van der Waals surface area contributed by atoms with E-state index in [4.69, 9.17) is 9.84 Å². The van der Waals surface area contributed by atoms with E-state index in [0.29, 0.717) is 5.69 Å². The van der Waals surface area contributed by atoms with Crippen molar-refractivity contribution >= 4 is 23.9 Å². The van der Waals surface area contributed by atoms with Gasteiger partial charge in [-0.25, -0.2) is 4.79 Å². The van der Waals surface area contributed by atoms with E-state index in [1.165, 1.54) is 12.1 Å². The summed E-state index contributed by atoms with van der Waals surface area (Å²) in [7, 11) is 1.62. The predicted octanol–water partition coefficient (Wildman–Crippen LogP) is 3.50. The summed E-state index contributed by atoms with van der Waals surface area (Å²) in [5.41, 5.74) is 4.55. The van der Waals surface area contributed by atoms with E-state index in [1.54, 1.807) is 31.5 Å². The van der Waals surface area contributed by atoms with Crippen molar-refractivity contribution in [3.63, 3.8) is 0 Å². The Morgan fingerprint density at radius 3 is 2.82 bits per heavy atom. The van der Waals surface area contributed by atoms with Gasteiger partial charge in [0, 0.05) is 11.8 Å². The molecule has 5 nitrogen and oxygen atoms in total. The van der Waals surface area contributed by atoms with Gasteiger partial charge in [0.1, 0.15) is 5.75 Å². The molecule has 0 aliphatic rings. The summed E-state index contributed by atoms with van der Waals surface area (Å²) < 4.78 is 5.24. The maximum absolute atomic E-state index is 10.9. The van der Waals surface area contributed by atoms with Crippen LogP contribution in [0.5, 0.6) is 5.75 Å². The zero-order chi connectivity index (χ0) is 15.8. The number of nitrogens with one attached hydrogen (secondary N) is 1. The predicted molar refractivity (Wildman–Crippen MR) is 87.5 cm³/mol. The standard InChI is InChI=1S/C17H16N2O3/c1-22-16-10-3-2-6-13(16)8-5-11-18-19-15-9-4-7-14(12-15)17(20)21/h2-12,19H,1H3,(H,20,21)/b8-5+,18-11-. The molecule has 2 rings (SSSR count). The molecule has 0 bridgehead atoms. The molecule has 0 saturated carbocycles. The number of hydrogen-bond acceptors (Lipinski definition) is 4. The van der Waals surface area contributed by atoms with Crippen molar-refractivity contribution in [1.29, 1.82) is 0 Å². The molecular weight excluding hydrogens is 280 g/mol. The number of anilines is 1. The highest BCUT2D eigenvalue weighted by Crippen LogP contribution is 2.18. The fourth-order valence-electron chi connectivity index (χ4n) is 1.83. The van der Waals surface area contributed by atoms with Crippen LogP contribution in [0.15, 0.2) is 59.7 Å². The molecule has 0 amide bonds. The Hall–Kier alpha value is -3.08. The molecule has 0 atom stereocenters. The van der Waals surface area contributed by atoms with Gasteiger partial charge in [-0.2, -0.15) is 5.10 Å². The van der Waals surface area contributed by atoms with Gasteiger partial charge in [0.25, 0.3) is 0 Å². The van der Waals surface area contributed by atoms with Crippen molar-refractivity contribution < 1.29 is 14.6 Å². The van der Waals surface area contributed by atoms with Gasteiger partial charge in [-0.15, -0.1) is 0 Å². The minimum Gasteiger partial charge on any atom is -0.496 e. The maximum Gasteiger partial charge on any atom is 0.335 e. The Bertz CT molecular complexity index is 709. The summed E-state index contributed by atoms with van der Waals surface area (Å²) in [5.74, 6) is -0.182. The number of ether oxygens (including phenoxy) is 1. The van der Waals surface area contributed by atoms with Crippen LogP contribution in [-0.2, 0) is 0 Å². The number of carboxylic acids is 1. The highest BCUT2D eigenvalue weighted by Gasteiger charge is 2.01. The van der Waals surface area contributed by atoms with Gasteiger partial charge in [-0.3, -0.25) is 5.43 Å². The normalized spacial score (nSPS) is 11.0. The molecule has 5 heteroatoms. The van der Waals surface area contributed by atoms with E-state index in [-0.39, 0.29) is 5.56 Å². The number of nitrogens with zero attached hydrogens (tertiary/aromatic N) is 1. The van der Waals surface area contributed by atoms with Crippen LogP contribution in [0.1, 0.15) is 15.9 Å². The minimum atomic E-state index is -0.969. The Morgan fingerprint density at radius 2 is 2.05 bits per heavy atom. The van der Waals surface area contributed by atoms with Gasteiger partial charge >= 0.3 is 5.97 Å². The quantitative estimate of drug-likeness (QED) is 0.632. The van der Waals surface area contributed by atoms with E-state index in [0.717, 1.165) is 11.3 Å². The lowest BCUT2D eigenvalue weighted by Crippen LogP contribution is -1.97. The largest absolute Gasteiger partial charge is 0.496 e. The van der Waals surface area contributed by atoms with Crippen LogP contribution in [0.2, 0.25) is 0 Å². The number of carboxylic acid groups (broad SMARTS) is 1. The monoisotopic (exact) mass is 296 g/mol. The van der Waals surface area contributed by atoms with Crippen LogP contribution in [0.4, 0.5) is 5.69 Å². The van der Waals surface area contributed by atoms with Crippen molar-refractivity contribution in [2.24, 2.45) is 5.10 Å². The Morgan fingerprint density at radius 1 is 1.23 bits per heavy atom. The van der Waals surface area contributed by atoms with Crippen LogP contribution < -0.4 is 10.2 Å². The molecule has 0 aromatic heterocycles. The lowest BCUT2D eigenvalue weighted by molar-refractivity contribution is 0.0697. The fourth-order valence-corrected chi connectivity index (χ4v) is 1.83. The lowest BCUT2D eigenvalue weighted by Gasteiger charge is -2.02. The van der Waals surface area contributed by atoms with Crippen LogP contribution in [-0.4, -0.2) is 24.4 Å². The molecule has 2 N–H and O–H groups in total. The second-order valence-electron chi connectivity index (χ2n) is 4.38. The lowest BCUT2D eigenvalue weighted by atomic mass is 10.2. The number of rotatable bonds is 6. The molecule has 0 aliphatic carbocycles. The Balaban J connectivity index is 1.97. The Labute approximate surface area is 128 Å². The van der Waals surface area contributed by atoms with Crippen molar-refractivity contribution in [3.05, 3.63) is 65.7 Å². The first-order valence-corrected chi connectivity index (χ1v) is 6.63. The van der Waals surface area contributed by atoms with E-state index in [1.807, 2.05) is 30.3 Å². The first kappa shape index (κ1) is 15.3. The second-order valence-corrected chi connectivity index (χ2v) is 4.38. The molecule has 0 unspecified atom stereocenters. The van der Waals surface area contributed by atoms with Gasteiger partial charge in [-0.05, 0) is 36.4 Å². The molecule has 0 aliphatic heterocycles. The van der Waals surface area contributed by atoms with E-state index >= 15 is 0 Å². The number of allylic oxidation sites excluding steroid dienone is 1. The molecule has 0 spiro atoms. The zero-order valence-electron chi connectivity index (χ0n) is 12.1. The highest BCUT2D eigenvalue weighted by atomic mass is 16.5. The number of methoxy groups -OCH3 is 1.